The summed E-state index contributed by atoms with van der Waals surface area (Å²) in [4.78, 5) is 57.5. The first-order valence-electron chi connectivity index (χ1n) is 15.9. The molecule has 2 aliphatic heterocycles. The molecule has 15 heteroatoms. The summed E-state index contributed by atoms with van der Waals surface area (Å²) < 4.78 is 33.1. The van der Waals surface area contributed by atoms with E-state index < -0.39 is 60.1 Å². The summed E-state index contributed by atoms with van der Waals surface area (Å²) in [7, 11) is 1.71. The van der Waals surface area contributed by atoms with Crippen molar-refractivity contribution in [3.63, 3.8) is 0 Å². The van der Waals surface area contributed by atoms with Crippen molar-refractivity contribution >= 4 is 29.7 Å². The van der Waals surface area contributed by atoms with Gasteiger partial charge in [0.25, 0.3) is 5.91 Å². The Hall–Kier alpha value is -4.79. The van der Waals surface area contributed by atoms with Gasteiger partial charge in [-0.1, -0.05) is 43.7 Å². The number of cyclic esters (lactones) is 1. The zero-order valence-corrected chi connectivity index (χ0v) is 27.5. The Morgan fingerprint density at radius 2 is 2.08 bits per heavy atom. The molecule has 3 amide bonds. The first-order valence-corrected chi connectivity index (χ1v) is 15.9. The Labute approximate surface area is 278 Å². The van der Waals surface area contributed by atoms with Crippen LogP contribution in [0.15, 0.2) is 58.9 Å². The number of aromatic nitrogens is 3. The maximum Gasteiger partial charge on any atom is 0.412 e. The quantitative estimate of drug-likeness (QED) is 0.409. The van der Waals surface area contributed by atoms with E-state index in [0.717, 1.165) is 6.26 Å². The number of aliphatic hydroxyl groups is 1. The highest BCUT2D eigenvalue weighted by atomic mass is 19.1. The van der Waals surface area contributed by atoms with E-state index in [1.54, 1.807) is 58.3 Å². The smallest absolute Gasteiger partial charge is 0.412 e. The number of allylic oxidation sites excluding steroid dienone is 2. The standard InChI is InChI=1S/C33H43FN6O8/c1-20-7-5-12-35-28(42)10-9-21(2)30(22(3)18-47-33(45)37-27-11-14-39(4)38-27)48-32(44)26-8-6-13-40(26)31(43)25-19-46-29(36-25)17-23(34)16-24(41)15-20/h5,7,9-11,14-15,19,21-24,26,30,41H,6,8,12-13,16-18H2,1-4H3,(H,35,42)(H,37,38,45)/b7-5+,10-9+,20-15+/t21-,22-,23-,24-,26-,30+/m1/s1. The van der Waals surface area contributed by atoms with Gasteiger partial charge in [-0.25, -0.2) is 19.0 Å². The second-order valence-electron chi connectivity index (χ2n) is 12.1. The minimum atomic E-state index is -1.50. The number of amides is 3. The number of carbonyl (C=O) groups is 4. The van der Waals surface area contributed by atoms with E-state index >= 15 is 0 Å². The van der Waals surface area contributed by atoms with E-state index in [1.807, 2.05) is 0 Å². The van der Waals surface area contributed by atoms with Crippen molar-refractivity contribution in [2.75, 3.05) is 25.0 Å². The van der Waals surface area contributed by atoms with Gasteiger partial charge in [-0.15, -0.1) is 0 Å². The lowest BCUT2D eigenvalue weighted by Gasteiger charge is -2.30. The number of hydrogen-bond acceptors (Lipinski definition) is 10. The molecule has 2 aromatic rings. The van der Waals surface area contributed by atoms with Crippen molar-refractivity contribution in [1.82, 2.24) is 25.0 Å². The Balaban J connectivity index is 1.54. The molecule has 0 spiro atoms. The number of anilines is 1. The Kier molecular flexibility index (Phi) is 12.7. The highest BCUT2D eigenvalue weighted by molar-refractivity contribution is 5.95. The molecule has 0 radical (unpaired) electrons. The van der Waals surface area contributed by atoms with E-state index in [4.69, 9.17) is 13.9 Å². The summed E-state index contributed by atoms with van der Waals surface area (Å²) in [6.45, 7) is 5.58. The number of ether oxygens (including phenoxy) is 2. The van der Waals surface area contributed by atoms with Crippen LogP contribution in [-0.2, 0) is 32.5 Å². The Morgan fingerprint density at radius 3 is 2.83 bits per heavy atom. The van der Waals surface area contributed by atoms with Gasteiger partial charge in [-0.05, 0) is 25.8 Å². The average molecular weight is 671 g/mol. The third-order valence-electron chi connectivity index (χ3n) is 7.98. The molecule has 4 heterocycles. The maximum absolute atomic E-state index is 14.8. The van der Waals surface area contributed by atoms with E-state index in [2.05, 4.69) is 20.7 Å². The van der Waals surface area contributed by atoms with Gasteiger partial charge in [0.1, 0.15) is 24.6 Å². The summed E-state index contributed by atoms with van der Waals surface area (Å²) in [5, 5.41) is 19.7. The zero-order valence-electron chi connectivity index (χ0n) is 27.5. The number of halogens is 1. The normalized spacial score (nSPS) is 27.9. The van der Waals surface area contributed by atoms with E-state index in [1.165, 1.54) is 21.7 Å². The van der Waals surface area contributed by atoms with Crippen LogP contribution in [0, 0.1) is 11.8 Å². The Bertz CT molecular complexity index is 1530. The molecule has 3 N–H and O–H groups in total. The predicted octanol–water partition coefficient (Wildman–Crippen LogP) is 3.27. The van der Waals surface area contributed by atoms with Crippen LogP contribution in [-0.4, -0.2) is 92.8 Å². The number of oxazole rings is 1. The molecule has 2 aromatic heterocycles. The van der Waals surface area contributed by atoms with Crippen LogP contribution in [0.5, 0.6) is 0 Å². The number of aliphatic hydroxyl groups excluding tert-OH is 1. The first-order chi connectivity index (χ1) is 22.9. The number of esters is 1. The fourth-order valence-electron chi connectivity index (χ4n) is 5.56. The summed E-state index contributed by atoms with van der Waals surface area (Å²) >= 11 is 0. The van der Waals surface area contributed by atoms with Gasteiger partial charge in [-0.3, -0.25) is 19.6 Å². The van der Waals surface area contributed by atoms with Gasteiger partial charge < -0.3 is 29.2 Å². The van der Waals surface area contributed by atoms with Gasteiger partial charge in [0.2, 0.25) is 5.91 Å². The topological polar surface area (TPSA) is 178 Å². The van der Waals surface area contributed by atoms with Crippen LogP contribution >= 0.6 is 0 Å². The Morgan fingerprint density at radius 1 is 1.29 bits per heavy atom. The van der Waals surface area contributed by atoms with Crippen molar-refractivity contribution < 1.29 is 42.6 Å². The molecular weight excluding hydrogens is 627 g/mol. The molecule has 0 unspecified atom stereocenters. The molecule has 1 fully saturated rings. The molecule has 2 bridgehead atoms. The summed E-state index contributed by atoms with van der Waals surface area (Å²) in [6, 6.07) is 0.682. The van der Waals surface area contributed by atoms with Crippen LogP contribution in [0.1, 0.15) is 56.4 Å². The van der Waals surface area contributed by atoms with E-state index in [-0.39, 0.29) is 44.1 Å². The molecule has 2 aliphatic rings. The second-order valence-corrected chi connectivity index (χ2v) is 12.1. The van der Waals surface area contributed by atoms with Crippen molar-refractivity contribution in [1.29, 1.82) is 0 Å². The van der Waals surface area contributed by atoms with Crippen molar-refractivity contribution in [2.45, 2.75) is 70.9 Å². The monoisotopic (exact) mass is 670 g/mol. The average Bonchev–Trinajstić information content (AvgIpc) is 3.80. The van der Waals surface area contributed by atoms with Crippen LogP contribution in [0.4, 0.5) is 15.0 Å². The van der Waals surface area contributed by atoms with Gasteiger partial charge in [0.05, 0.1) is 19.1 Å². The molecule has 0 saturated carbocycles. The lowest BCUT2D eigenvalue weighted by molar-refractivity contribution is -0.159. The van der Waals surface area contributed by atoms with Gasteiger partial charge in [-0.2, -0.15) is 5.10 Å². The highest BCUT2D eigenvalue weighted by Gasteiger charge is 2.39. The van der Waals surface area contributed by atoms with Crippen LogP contribution in [0.3, 0.4) is 0 Å². The third kappa shape index (κ3) is 10.4. The summed E-state index contributed by atoms with van der Waals surface area (Å²) in [5.41, 5.74) is 0.599. The number of fused-ring (bicyclic) bond motifs is 3. The van der Waals surface area contributed by atoms with Gasteiger partial charge in [0.15, 0.2) is 17.4 Å². The zero-order chi connectivity index (χ0) is 34.8. The van der Waals surface area contributed by atoms with Gasteiger partial charge in [0, 0.05) is 50.7 Å². The lowest BCUT2D eigenvalue weighted by atomic mass is 9.93. The SMILES string of the molecule is CC1=C\[C@@H](O)C[C@@H](F)Cc2nc(co2)C(=O)N2CCC[C@@H]2C(=O)O[C@H]([C@H](C)COC(=O)Nc2ccn(C)n2)[C@H](C)/C=C/C(=O)NC\C=C\1. The van der Waals surface area contributed by atoms with Crippen LogP contribution < -0.4 is 10.6 Å². The van der Waals surface area contributed by atoms with Gasteiger partial charge >= 0.3 is 12.1 Å². The minimum Gasteiger partial charge on any atom is -0.460 e. The molecule has 0 aromatic carbocycles. The number of carbonyl (C=O) groups excluding carboxylic acids is 4. The molecule has 1 saturated heterocycles. The highest BCUT2D eigenvalue weighted by Crippen LogP contribution is 2.26. The number of alkyl halides is 1. The number of nitrogens with zero attached hydrogens (tertiary/aromatic N) is 4. The number of hydrogen-bond donors (Lipinski definition) is 3. The van der Waals surface area contributed by atoms with Crippen molar-refractivity contribution in [3.05, 3.63) is 66.1 Å². The van der Waals surface area contributed by atoms with Crippen molar-refractivity contribution in [2.24, 2.45) is 18.9 Å². The number of rotatable bonds is 4. The number of aryl methyl sites for hydroxylation is 1. The largest absolute Gasteiger partial charge is 0.460 e. The molecule has 260 valence electrons. The molecule has 48 heavy (non-hydrogen) atoms. The maximum atomic E-state index is 14.8. The third-order valence-corrected chi connectivity index (χ3v) is 7.98. The molecule has 0 aliphatic carbocycles. The second kappa shape index (κ2) is 16.9. The fraction of sp³-hybridized carbons (Fsp3) is 0.515. The molecule has 4 rings (SSSR count). The molecule has 6 atom stereocenters. The van der Waals surface area contributed by atoms with Crippen LogP contribution in [0.25, 0.3) is 0 Å². The number of nitrogens with one attached hydrogen (secondary N) is 2. The minimum absolute atomic E-state index is 0.00677. The lowest BCUT2D eigenvalue weighted by Crippen LogP contribution is -2.44. The van der Waals surface area contributed by atoms with E-state index in [0.29, 0.717) is 24.2 Å². The molecule has 14 nitrogen and oxygen atoms in total. The summed E-state index contributed by atoms with van der Waals surface area (Å²) in [6.07, 6.45) is 6.86. The molecular formula is C33H43FN6O8. The summed E-state index contributed by atoms with van der Waals surface area (Å²) in [5.74, 6) is -2.34. The fourth-order valence-corrected chi connectivity index (χ4v) is 5.56. The van der Waals surface area contributed by atoms with E-state index in [9.17, 15) is 28.7 Å². The first kappa shape index (κ1) is 36.1. The van der Waals surface area contributed by atoms with Crippen LogP contribution in [0.2, 0.25) is 0 Å². The van der Waals surface area contributed by atoms with Crippen molar-refractivity contribution in [3.8, 4) is 0 Å². The predicted molar refractivity (Wildman–Crippen MR) is 171 cm³/mol.